The number of halogens is 5. The van der Waals surface area contributed by atoms with Gasteiger partial charge in [0, 0.05) is 19.0 Å². The summed E-state index contributed by atoms with van der Waals surface area (Å²) in [5.41, 5.74) is -2.65. The minimum Gasteiger partial charge on any atom is -0.491 e. The van der Waals surface area contributed by atoms with Crippen LogP contribution in [0, 0.1) is 17.2 Å². The number of benzene rings is 1. The number of cyclic esters (lactones) is 1. The zero-order valence-electron chi connectivity index (χ0n) is 16.4. The predicted octanol–water partition coefficient (Wildman–Crippen LogP) is 3.92. The van der Waals surface area contributed by atoms with Crippen LogP contribution < -0.4 is 10.1 Å². The van der Waals surface area contributed by atoms with E-state index in [0.29, 0.717) is 12.8 Å². The van der Waals surface area contributed by atoms with Crippen LogP contribution in [0.1, 0.15) is 25.7 Å². The van der Waals surface area contributed by atoms with Gasteiger partial charge in [-0.05, 0) is 43.9 Å². The average molecular weight is 465 g/mol. The molecule has 11 heteroatoms. The fraction of sp³-hybridized carbons (Fsp3) is 0.600. The molecule has 2 heterocycles. The highest BCUT2D eigenvalue weighted by Crippen LogP contribution is 2.48. The summed E-state index contributed by atoms with van der Waals surface area (Å²) < 4.78 is 65.2. The minimum absolute atomic E-state index is 0.0224. The fourth-order valence-corrected chi connectivity index (χ4v) is 4.72. The summed E-state index contributed by atoms with van der Waals surface area (Å²) in [6, 6.07) is 3.23. The Morgan fingerprint density at radius 1 is 1.29 bits per heavy atom. The zero-order chi connectivity index (χ0) is 22.4. The SMILES string of the molecule is O=C1N[C@]2(CO1)C[C@H](C(=O)N1CCC(COc3ccc(F)cc3Cl)(C(F)(F)F)CC1)C2. The molecule has 0 aromatic heterocycles. The molecule has 2 aliphatic heterocycles. The second kappa shape index (κ2) is 7.72. The van der Waals surface area contributed by atoms with Gasteiger partial charge in [-0.2, -0.15) is 13.2 Å². The molecule has 4 rings (SSSR count). The van der Waals surface area contributed by atoms with E-state index in [-0.39, 0.29) is 55.1 Å². The van der Waals surface area contributed by atoms with Crippen LogP contribution in [0.5, 0.6) is 5.75 Å². The van der Waals surface area contributed by atoms with Crippen molar-refractivity contribution in [3.63, 3.8) is 0 Å². The van der Waals surface area contributed by atoms with E-state index in [0.717, 1.165) is 12.1 Å². The van der Waals surface area contributed by atoms with Gasteiger partial charge in [0.2, 0.25) is 5.91 Å². The molecule has 1 saturated carbocycles. The van der Waals surface area contributed by atoms with Gasteiger partial charge in [0.1, 0.15) is 30.2 Å². The first-order chi connectivity index (χ1) is 14.5. The Kier molecular flexibility index (Phi) is 5.47. The minimum atomic E-state index is -4.54. The number of carbonyl (C=O) groups excluding carboxylic acids is 2. The number of likely N-dealkylation sites (tertiary alicyclic amines) is 1. The lowest BCUT2D eigenvalue weighted by Gasteiger charge is -2.47. The summed E-state index contributed by atoms with van der Waals surface area (Å²) in [7, 11) is 0. The Morgan fingerprint density at radius 3 is 2.52 bits per heavy atom. The van der Waals surface area contributed by atoms with Gasteiger partial charge >= 0.3 is 12.3 Å². The van der Waals surface area contributed by atoms with E-state index in [9.17, 15) is 27.2 Å². The van der Waals surface area contributed by atoms with E-state index in [4.69, 9.17) is 21.1 Å². The van der Waals surface area contributed by atoms with Crippen molar-refractivity contribution in [1.82, 2.24) is 10.2 Å². The topological polar surface area (TPSA) is 67.9 Å². The van der Waals surface area contributed by atoms with Crippen LogP contribution in [0.25, 0.3) is 0 Å². The number of rotatable bonds is 4. The van der Waals surface area contributed by atoms with Crippen LogP contribution in [0.2, 0.25) is 5.02 Å². The molecule has 3 aliphatic rings. The lowest BCUT2D eigenvalue weighted by Crippen LogP contribution is -2.60. The van der Waals surface area contributed by atoms with Crippen molar-refractivity contribution in [2.75, 3.05) is 26.3 Å². The summed E-state index contributed by atoms with van der Waals surface area (Å²) in [5.74, 6) is -1.18. The van der Waals surface area contributed by atoms with Gasteiger partial charge in [-0.15, -0.1) is 0 Å². The number of amides is 2. The summed E-state index contributed by atoms with van der Waals surface area (Å²) in [6.45, 7) is -0.563. The maximum atomic E-state index is 13.9. The number of nitrogens with one attached hydrogen (secondary N) is 1. The molecule has 1 aromatic carbocycles. The van der Waals surface area contributed by atoms with Crippen LogP contribution in [0.4, 0.5) is 22.4 Å². The third-order valence-corrected chi connectivity index (χ3v) is 6.80. The van der Waals surface area contributed by atoms with Crippen LogP contribution >= 0.6 is 11.6 Å². The lowest BCUT2D eigenvalue weighted by atomic mass is 9.68. The van der Waals surface area contributed by atoms with Gasteiger partial charge in [0.25, 0.3) is 0 Å². The van der Waals surface area contributed by atoms with Crippen LogP contribution in [-0.2, 0) is 9.53 Å². The van der Waals surface area contributed by atoms with Crippen LogP contribution in [-0.4, -0.2) is 54.9 Å². The largest absolute Gasteiger partial charge is 0.491 e. The number of alkyl halides is 3. The molecule has 31 heavy (non-hydrogen) atoms. The lowest BCUT2D eigenvalue weighted by molar-refractivity contribution is -0.246. The van der Waals surface area contributed by atoms with Gasteiger partial charge in [-0.3, -0.25) is 4.79 Å². The van der Waals surface area contributed by atoms with Crippen molar-refractivity contribution >= 4 is 23.6 Å². The highest BCUT2D eigenvalue weighted by Gasteiger charge is 2.58. The smallest absolute Gasteiger partial charge is 0.407 e. The van der Waals surface area contributed by atoms with Crippen LogP contribution in [0.15, 0.2) is 18.2 Å². The van der Waals surface area contributed by atoms with Crippen molar-refractivity contribution in [2.45, 2.75) is 37.4 Å². The van der Waals surface area contributed by atoms with Crippen molar-refractivity contribution in [3.8, 4) is 5.75 Å². The Labute approximate surface area is 180 Å². The molecule has 0 bridgehead atoms. The molecule has 1 N–H and O–H groups in total. The summed E-state index contributed by atoms with van der Waals surface area (Å²) in [5, 5.41) is 2.59. The number of carbonyl (C=O) groups is 2. The molecule has 1 aromatic rings. The molecular weight excluding hydrogens is 444 g/mol. The van der Waals surface area contributed by atoms with Crippen LogP contribution in [0.3, 0.4) is 0 Å². The van der Waals surface area contributed by atoms with E-state index in [1.54, 1.807) is 0 Å². The molecule has 0 atom stereocenters. The third-order valence-electron chi connectivity index (χ3n) is 6.50. The normalized spacial score (nSPS) is 27.5. The second-order valence-electron chi connectivity index (χ2n) is 8.55. The zero-order valence-corrected chi connectivity index (χ0v) is 17.2. The second-order valence-corrected chi connectivity index (χ2v) is 8.96. The Hall–Kier alpha value is -2.23. The highest BCUT2D eigenvalue weighted by atomic mass is 35.5. The van der Waals surface area contributed by atoms with Crippen molar-refractivity contribution in [2.24, 2.45) is 11.3 Å². The Bertz CT molecular complexity index is 880. The quantitative estimate of drug-likeness (QED) is 0.686. The maximum Gasteiger partial charge on any atom is 0.407 e. The molecule has 6 nitrogen and oxygen atoms in total. The standard InChI is InChI=1S/C20H21ClF4N2O4/c21-14-7-13(22)1-2-15(14)30-10-18(20(23,24)25)3-5-27(6-4-18)16(28)12-8-19(9-12)11-31-17(29)26-19/h1-2,7,12H,3-6,8-11H2,(H,26,29)/t12-,19+. The summed E-state index contributed by atoms with van der Waals surface area (Å²) in [6.07, 6.45) is -4.83. The number of piperidine rings is 1. The first-order valence-corrected chi connectivity index (χ1v) is 10.3. The summed E-state index contributed by atoms with van der Waals surface area (Å²) >= 11 is 5.86. The molecule has 0 radical (unpaired) electrons. The number of alkyl carbamates (subject to hydrolysis) is 1. The van der Waals surface area contributed by atoms with E-state index in [1.807, 2.05) is 0 Å². The van der Waals surface area contributed by atoms with Gasteiger partial charge in [0.05, 0.1) is 10.6 Å². The first-order valence-electron chi connectivity index (χ1n) is 9.91. The first kappa shape index (κ1) is 22.0. The fourth-order valence-electron chi connectivity index (χ4n) is 4.50. The van der Waals surface area contributed by atoms with Gasteiger partial charge in [-0.25, -0.2) is 9.18 Å². The Balaban J connectivity index is 1.36. The van der Waals surface area contributed by atoms with E-state index in [1.165, 1.54) is 11.0 Å². The van der Waals surface area contributed by atoms with Crippen molar-refractivity contribution < 1.29 is 36.6 Å². The molecule has 2 saturated heterocycles. The van der Waals surface area contributed by atoms with E-state index < -0.39 is 35.6 Å². The molecule has 1 aliphatic carbocycles. The number of hydrogen-bond donors (Lipinski definition) is 1. The molecular formula is C20H21ClF4N2O4. The van der Waals surface area contributed by atoms with Gasteiger partial charge in [-0.1, -0.05) is 11.6 Å². The Morgan fingerprint density at radius 2 is 1.97 bits per heavy atom. The number of ether oxygens (including phenoxy) is 2. The van der Waals surface area contributed by atoms with E-state index >= 15 is 0 Å². The highest BCUT2D eigenvalue weighted by molar-refractivity contribution is 6.32. The molecule has 0 unspecified atom stereocenters. The molecule has 2 amide bonds. The van der Waals surface area contributed by atoms with E-state index in [2.05, 4.69) is 5.32 Å². The number of nitrogens with zero attached hydrogens (tertiary/aromatic N) is 1. The maximum absolute atomic E-state index is 13.9. The molecule has 170 valence electrons. The molecule has 1 spiro atoms. The predicted molar refractivity (Wildman–Crippen MR) is 101 cm³/mol. The van der Waals surface area contributed by atoms with Crippen molar-refractivity contribution in [1.29, 1.82) is 0 Å². The average Bonchev–Trinajstić information content (AvgIpc) is 3.07. The van der Waals surface area contributed by atoms with Gasteiger partial charge < -0.3 is 19.7 Å². The summed E-state index contributed by atoms with van der Waals surface area (Å²) in [4.78, 5) is 25.4. The van der Waals surface area contributed by atoms with Gasteiger partial charge in [0.15, 0.2) is 0 Å². The van der Waals surface area contributed by atoms with Crippen molar-refractivity contribution in [3.05, 3.63) is 29.0 Å². The monoisotopic (exact) mass is 464 g/mol. The number of hydrogen-bond acceptors (Lipinski definition) is 4. The molecule has 3 fully saturated rings. The third kappa shape index (κ3) is 4.14.